The van der Waals surface area contributed by atoms with Crippen molar-refractivity contribution in [1.29, 1.82) is 0 Å². The number of carbonyl (C=O) groups is 1. The zero-order chi connectivity index (χ0) is 19.1. The number of nitrogens with one attached hydrogen (secondary N) is 2. The van der Waals surface area contributed by atoms with Crippen molar-refractivity contribution in [2.75, 3.05) is 17.0 Å². The van der Waals surface area contributed by atoms with E-state index in [0.717, 1.165) is 11.1 Å². The minimum absolute atomic E-state index is 0.0292. The first kappa shape index (κ1) is 18.7. The molecule has 3 aromatic rings. The molecule has 0 fully saturated rings. The maximum atomic E-state index is 12.2. The summed E-state index contributed by atoms with van der Waals surface area (Å²) in [6.07, 6.45) is 0. The van der Waals surface area contributed by atoms with Gasteiger partial charge in [0.1, 0.15) is 0 Å². The highest BCUT2D eigenvalue weighted by atomic mass is 32.2. The van der Waals surface area contributed by atoms with Crippen LogP contribution in [-0.4, -0.2) is 26.6 Å². The number of carbonyl (C=O) groups excluding carboxylic acids is 1. The molecule has 0 aliphatic rings. The predicted octanol–water partition coefficient (Wildman–Crippen LogP) is 3.53. The van der Waals surface area contributed by atoms with Crippen LogP contribution in [0.5, 0.6) is 0 Å². The number of para-hydroxylation sites is 1. The van der Waals surface area contributed by atoms with Crippen LogP contribution in [-0.2, 0) is 10.0 Å². The largest absolute Gasteiger partial charge is 0.351 e. The van der Waals surface area contributed by atoms with E-state index in [9.17, 15) is 13.2 Å². The molecule has 0 aliphatic heterocycles. The lowest BCUT2D eigenvalue weighted by atomic mass is 10.0. The summed E-state index contributed by atoms with van der Waals surface area (Å²) in [5.74, 6) is -0.500. The molecule has 3 aromatic carbocycles. The van der Waals surface area contributed by atoms with Crippen LogP contribution >= 0.6 is 0 Å². The molecule has 0 saturated heterocycles. The fraction of sp³-hybridized carbons (Fsp3) is 0.0952. The Bertz CT molecular complexity index is 987. The summed E-state index contributed by atoms with van der Waals surface area (Å²) in [5.41, 5.74) is 3.08. The smallest absolute Gasteiger partial charge is 0.251 e. The standard InChI is InChI=1S/C21H20N2O3S/c24-21(19-13-11-18(12-14-19)17-7-3-1-4-8-17)22-15-16-27(25,26)23-20-9-5-2-6-10-20/h1-14,23H,15-16H2,(H,22,24). The van der Waals surface area contributed by atoms with Gasteiger partial charge in [-0.15, -0.1) is 0 Å². The monoisotopic (exact) mass is 380 g/mol. The van der Waals surface area contributed by atoms with Gasteiger partial charge in [-0.25, -0.2) is 8.42 Å². The summed E-state index contributed by atoms with van der Waals surface area (Å²) in [6, 6.07) is 25.7. The van der Waals surface area contributed by atoms with Gasteiger partial charge in [0.15, 0.2) is 0 Å². The number of benzene rings is 3. The van der Waals surface area contributed by atoms with E-state index >= 15 is 0 Å². The highest BCUT2D eigenvalue weighted by Crippen LogP contribution is 2.19. The van der Waals surface area contributed by atoms with Crippen LogP contribution < -0.4 is 10.0 Å². The van der Waals surface area contributed by atoms with Gasteiger partial charge in [-0.3, -0.25) is 9.52 Å². The number of rotatable bonds is 7. The van der Waals surface area contributed by atoms with Crippen LogP contribution in [0.15, 0.2) is 84.9 Å². The van der Waals surface area contributed by atoms with Crippen molar-refractivity contribution in [1.82, 2.24) is 5.32 Å². The van der Waals surface area contributed by atoms with E-state index in [2.05, 4.69) is 10.0 Å². The summed E-state index contributed by atoms with van der Waals surface area (Å²) in [5, 5.41) is 2.64. The molecular weight excluding hydrogens is 360 g/mol. The van der Waals surface area contributed by atoms with Gasteiger partial charge in [-0.1, -0.05) is 60.7 Å². The van der Waals surface area contributed by atoms with Crippen molar-refractivity contribution in [3.63, 3.8) is 0 Å². The molecule has 0 aromatic heterocycles. The molecule has 6 heteroatoms. The zero-order valence-electron chi connectivity index (χ0n) is 14.6. The lowest BCUT2D eigenvalue weighted by molar-refractivity contribution is 0.0956. The SMILES string of the molecule is O=C(NCCS(=O)(=O)Nc1ccccc1)c1ccc(-c2ccccc2)cc1. The Morgan fingerprint density at radius 2 is 1.30 bits per heavy atom. The Morgan fingerprint density at radius 3 is 1.93 bits per heavy atom. The number of sulfonamides is 1. The number of hydrogen-bond donors (Lipinski definition) is 2. The number of anilines is 1. The minimum atomic E-state index is -3.52. The maximum Gasteiger partial charge on any atom is 0.251 e. The van der Waals surface area contributed by atoms with Crippen molar-refractivity contribution in [3.8, 4) is 11.1 Å². The molecule has 0 heterocycles. The third-order valence-electron chi connectivity index (χ3n) is 3.96. The molecule has 1 amide bonds. The average Bonchev–Trinajstić information content (AvgIpc) is 2.69. The second kappa shape index (κ2) is 8.51. The first-order chi connectivity index (χ1) is 13.0. The van der Waals surface area contributed by atoms with Gasteiger partial charge in [-0.05, 0) is 35.4 Å². The Labute approximate surface area is 159 Å². The highest BCUT2D eigenvalue weighted by molar-refractivity contribution is 7.92. The third kappa shape index (κ3) is 5.43. The molecule has 0 atom stereocenters. The van der Waals surface area contributed by atoms with Crippen molar-refractivity contribution in [3.05, 3.63) is 90.5 Å². The molecule has 0 radical (unpaired) electrons. The lowest BCUT2D eigenvalue weighted by Crippen LogP contribution is -2.31. The Hall–Kier alpha value is -3.12. The van der Waals surface area contributed by atoms with Gasteiger partial charge < -0.3 is 5.32 Å². The van der Waals surface area contributed by atoms with Crippen LogP contribution in [0.25, 0.3) is 11.1 Å². The lowest BCUT2D eigenvalue weighted by Gasteiger charge is -2.09. The van der Waals surface area contributed by atoms with Gasteiger partial charge in [-0.2, -0.15) is 0 Å². The van der Waals surface area contributed by atoms with E-state index in [1.54, 1.807) is 42.5 Å². The number of amides is 1. The van der Waals surface area contributed by atoms with E-state index in [1.165, 1.54) is 0 Å². The van der Waals surface area contributed by atoms with E-state index in [4.69, 9.17) is 0 Å². The fourth-order valence-corrected chi connectivity index (χ4v) is 3.55. The molecule has 0 aliphatic carbocycles. The van der Waals surface area contributed by atoms with E-state index in [-0.39, 0.29) is 18.2 Å². The van der Waals surface area contributed by atoms with Gasteiger partial charge in [0.2, 0.25) is 10.0 Å². The molecule has 138 valence electrons. The highest BCUT2D eigenvalue weighted by Gasteiger charge is 2.12. The average molecular weight is 380 g/mol. The molecular formula is C21H20N2O3S. The summed E-state index contributed by atoms with van der Waals surface area (Å²) in [7, 11) is -3.52. The molecule has 0 bridgehead atoms. The maximum absolute atomic E-state index is 12.2. The predicted molar refractivity (Wildman–Crippen MR) is 108 cm³/mol. The van der Waals surface area contributed by atoms with Crippen molar-refractivity contribution < 1.29 is 13.2 Å². The normalized spacial score (nSPS) is 11.0. The van der Waals surface area contributed by atoms with Gasteiger partial charge in [0, 0.05) is 17.8 Å². The summed E-state index contributed by atoms with van der Waals surface area (Å²) in [4.78, 5) is 12.2. The molecule has 2 N–H and O–H groups in total. The third-order valence-corrected chi connectivity index (χ3v) is 5.25. The van der Waals surface area contributed by atoms with Gasteiger partial charge >= 0.3 is 0 Å². The van der Waals surface area contributed by atoms with Crippen molar-refractivity contribution in [2.24, 2.45) is 0 Å². The second-order valence-corrected chi connectivity index (χ2v) is 7.83. The molecule has 5 nitrogen and oxygen atoms in total. The zero-order valence-corrected chi connectivity index (χ0v) is 15.4. The quantitative estimate of drug-likeness (QED) is 0.658. The molecule has 27 heavy (non-hydrogen) atoms. The summed E-state index contributed by atoms with van der Waals surface area (Å²) >= 11 is 0. The van der Waals surface area contributed by atoms with Crippen LogP contribution in [0.1, 0.15) is 10.4 Å². The first-order valence-electron chi connectivity index (χ1n) is 8.53. The van der Waals surface area contributed by atoms with Crippen molar-refractivity contribution in [2.45, 2.75) is 0 Å². The van der Waals surface area contributed by atoms with Crippen LogP contribution in [0.3, 0.4) is 0 Å². The summed E-state index contributed by atoms with van der Waals surface area (Å²) in [6.45, 7) is 0.0292. The Kier molecular flexibility index (Phi) is 5.88. The second-order valence-electron chi connectivity index (χ2n) is 5.99. The van der Waals surface area contributed by atoms with E-state index in [1.807, 2.05) is 42.5 Å². The van der Waals surface area contributed by atoms with Gasteiger partial charge in [0.05, 0.1) is 5.75 Å². The van der Waals surface area contributed by atoms with Crippen LogP contribution in [0.4, 0.5) is 5.69 Å². The van der Waals surface area contributed by atoms with Crippen molar-refractivity contribution >= 4 is 21.6 Å². The summed E-state index contributed by atoms with van der Waals surface area (Å²) < 4.78 is 26.6. The molecule has 3 rings (SSSR count). The van der Waals surface area contributed by atoms with Crippen LogP contribution in [0.2, 0.25) is 0 Å². The Balaban J connectivity index is 1.53. The fourth-order valence-electron chi connectivity index (χ4n) is 2.58. The first-order valence-corrected chi connectivity index (χ1v) is 10.2. The van der Waals surface area contributed by atoms with E-state index < -0.39 is 10.0 Å². The molecule has 0 unspecified atom stereocenters. The molecule has 0 saturated carbocycles. The van der Waals surface area contributed by atoms with Crippen LogP contribution in [0, 0.1) is 0 Å². The minimum Gasteiger partial charge on any atom is -0.351 e. The topological polar surface area (TPSA) is 75.3 Å². The van der Waals surface area contributed by atoms with E-state index in [0.29, 0.717) is 11.3 Å². The Morgan fingerprint density at radius 1 is 0.741 bits per heavy atom. The van der Waals surface area contributed by atoms with Gasteiger partial charge in [0.25, 0.3) is 5.91 Å². The number of hydrogen-bond acceptors (Lipinski definition) is 3. The molecule has 0 spiro atoms.